The summed E-state index contributed by atoms with van der Waals surface area (Å²) in [5.74, 6) is 0.821. The number of aliphatic hydroxyl groups is 1. The first-order valence-corrected chi connectivity index (χ1v) is 8.21. The second kappa shape index (κ2) is 9.27. The first kappa shape index (κ1) is 20.0. The minimum atomic E-state index is -0.712. The summed E-state index contributed by atoms with van der Waals surface area (Å²) in [6.07, 6.45) is 2.16. The zero-order chi connectivity index (χ0) is 18.2. The van der Waals surface area contributed by atoms with Crippen molar-refractivity contribution in [3.63, 3.8) is 0 Å². The van der Waals surface area contributed by atoms with Gasteiger partial charge in [-0.05, 0) is 57.4 Å². The van der Waals surface area contributed by atoms with Gasteiger partial charge in [-0.15, -0.1) is 0 Å². The van der Waals surface area contributed by atoms with Gasteiger partial charge in [-0.3, -0.25) is 0 Å². The van der Waals surface area contributed by atoms with E-state index in [2.05, 4.69) is 11.9 Å². The van der Waals surface area contributed by atoms with E-state index in [1.165, 1.54) is 0 Å². The van der Waals surface area contributed by atoms with Crippen LogP contribution in [0.4, 0.5) is 4.79 Å². The number of carbonyl (C=O) groups excluding carboxylic acids is 1. The molecule has 0 spiro atoms. The SMILES string of the molecule is CCCCc1cc(C(N)=NC(=O)OC(C)(C)C)ccc1OCCO. The van der Waals surface area contributed by atoms with Crippen molar-refractivity contribution < 1.29 is 19.4 Å². The van der Waals surface area contributed by atoms with Gasteiger partial charge in [0.25, 0.3) is 0 Å². The van der Waals surface area contributed by atoms with Gasteiger partial charge in [-0.2, -0.15) is 4.99 Å². The summed E-state index contributed by atoms with van der Waals surface area (Å²) in [4.78, 5) is 15.6. The maximum Gasteiger partial charge on any atom is 0.436 e. The number of hydrogen-bond donors (Lipinski definition) is 2. The Labute approximate surface area is 143 Å². The molecule has 0 saturated carbocycles. The second-order valence-electron chi connectivity index (χ2n) is 6.48. The van der Waals surface area contributed by atoms with Crippen molar-refractivity contribution in [2.24, 2.45) is 10.7 Å². The molecule has 1 aromatic carbocycles. The molecule has 134 valence electrons. The van der Waals surface area contributed by atoms with E-state index in [0.29, 0.717) is 11.3 Å². The van der Waals surface area contributed by atoms with Crippen LogP contribution in [0.2, 0.25) is 0 Å². The summed E-state index contributed by atoms with van der Waals surface area (Å²) in [5.41, 5.74) is 6.93. The molecule has 0 atom stereocenters. The number of aliphatic imine (C=N–C) groups is 1. The van der Waals surface area contributed by atoms with E-state index < -0.39 is 11.7 Å². The highest BCUT2D eigenvalue weighted by Crippen LogP contribution is 2.22. The number of amidine groups is 1. The molecule has 0 fully saturated rings. The van der Waals surface area contributed by atoms with Crippen LogP contribution >= 0.6 is 0 Å². The van der Waals surface area contributed by atoms with Crippen molar-refractivity contribution in [1.29, 1.82) is 0 Å². The molecule has 0 unspecified atom stereocenters. The Balaban J connectivity index is 2.99. The van der Waals surface area contributed by atoms with Crippen molar-refractivity contribution in [3.05, 3.63) is 29.3 Å². The number of nitrogens with zero attached hydrogens (tertiary/aromatic N) is 1. The summed E-state index contributed by atoms with van der Waals surface area (Å²) < 4.78 is 10.7. The number of benzene rings is 1. The lowest BCUT2D eigenvalue weighted by Crippen LogP contribution is -2.24. The van der Waals surface area contributed by atoms with Gasteiger partial charge in [-0.1, -0.05) is 13.3 Å². The normalized spacial score (nSPS) is 12.1. The highest BCUT2D eigenvalue weighted by atomic mass is 16.6. The fourth-order valence-corrected chi connectivity index (χ4v) is 2.05. The molecule has 1 rings (SSSR count). The molecule has 0 aromatic heterocycles. The molecule has 0 aliphatic heterocycles. The maximum absolute atomic E-state index is 11.8. The number of aryl methyl sites for hydroxylation is 1. The van der Waals surface area contributed by atoms with Crippen LogP contribution in [0.3, 0.4) is 0 Å². The zero-order valence-corrected chi connectivity index (χ0v) is 15.0. The third-order valence-corrected chi connectivity index (χ3v) is 3.11. The van der Waals surface area contributed by atoms with Crippen LogP contribution in [0, 0.1) is 0 Å². The van der Waals surface area contributed by atoms with E-state index in [0.717, 1.165) is 24.8 Å². The van der Waals surface area contributed by atoms with Crippen LogP contribution in [0.5, 0.6) is 5.75 Å². The molecular formula is C18H28N2O4. The summed E-state index contributed by atoms with van der Waals surface area (Å²) in [7, 11) is 0. The molecule has 0 heterocycles. The van der Waals surface area contributed by atoms with Gasteiger partial charge in [0.05, 0.1) is 6.61 Å². The standard InChI is InChI=1S/C18H28N2O4/c1-5-6-7-13-12-14(8-9-15(13)23-11-10-21)16(19)20-17(22)24-18(2,3)4/h8-9,12,21H,5-7,10-11H2,1-4H3,(H2,19,20,22). The Morgan fingerprint density at radius 1 is 1.33 bits per heavy atom. The molecule has 3 N–H and O–H groups in total. The average molecular weight is 336 g/mol. The minimum absolute atomic E-state index is 0.0444. The topological polar surface area (TPSA) is 94.1 Å². The van der Waals surface area contributed by atoms with Crippen LogP contribution in [-0.4, -0.2) is 35.9 Å². The lowest BCUT2D eigenvalue weighted by Gasteiger charge is -2.17. The quantitative estimate of drug-likeness (QED) is 0.589. The van der Waals surface area contributed by atoms with E-state index in [-0.39, 0.29) is 19.0 Å². The predicted octanol–water partition coefficient (Wildman–Crippen LogP) is 3.04. The molecule has 0 aliphatic carbocycles. The van der Waals surface area contributed by atoms with Crippen molar-refractivity contribution in [2.45, 2.75) is 52.6 Å². The van der Waals surface area contributed by atoms with Crippen LogP contribution in [0.1, 0.15) is 51.7 Å². The third-order valence-electron chi connectivity index (χ3n) is 3.11. The van der Waals surface area contributed by atoms with Gasteiger partial charge in [0, 0.05) is 5.56 Å². The summed E-state index contributed by atoms with van der Waals surface area (Å²) in [6.45, 7) is 7.61. The summed E-state index contributed by atoms with van der Waals surface area (Å²) in [6, 6.07) is 5.39. The number of unbranched alkanes of at least 4 members (excludes halogenated alkanes) is 1. The molecule has 0 aliphatic rings. The molecule has 0 bridgehead atoms. The molecule has 6 heteroatoms. The van der Waals surface area contributed by atoms with Gasteiger partial charge in [0.2, 0.25) is 0 Å². The van der Waals surface area contributed by atoms with Crippen molar-refractivity contribution in [1.82, 2.24) is 0 Å². The first-order valence-electron chi connectivity index (χ1n) is 8.21. The Morgan fingerprint density at radius 3 is 2.62 bits per heavy atom. The second-order valence-corrected chi connectivity index (χ2v) is 6.48. The number of carbonyl (C=O) groups is 1. The maximum atomic E-state index is 11.8. The molecule has 1 aromatic rings. The minimum Gasteiger partial charge on any atom is -0.491 e. The molecule has 0 radical (unpaired) electrons. The fourth-order valence-electron chi connectivity index (χ4n) is 2.05. The third kappa shape index (κ3) is 7.00. The van der Waals surface area contributed by atoms with Gasteiger partial charge in [0.1, 0.15) is 23.8 Å². The van der Waals surface area contributed by atoms with Gasteiger partial charge in [-0.25, -0.2) is 4.79 Å². The number of aliphatic hydroxyl groups excluding tert-OH is 1. The van der Waals surface area contributed by atoms with E-state index >= 15 is 0 Å². The Morgan fingerprint density at radius 2 is 2.04 bits per heavy atom. The molecule has 6 nitrogen and oxygen atoms in total. The van der Waals surface area contributed by atoms with Gasteiger partial charge in [0.15, 0.2) is 0 Å². The van der Waals surface area contributed by atoms with E-state index in [1.807, 2.05) is 6.07 Å². The fraction of sp³-hybridized carbons (Fsp3) is 0.556. The predicted molar refractivity (Wildman–Crippen MR) is 94.6 cm³/mol. The Hall–Kier alpha value is -2.08. The van der Waals surface area contributed by atoms with Crippen molar-refractivity contribution in [2.75, 3.05) is 13.2 Å². The molecule has 1 amide bonds. The summed E-state index contributed by atoms with van der Waals surface area (Å²) in [5, 5.41) is 8.91. The van der Waals surface area contributed by atoms with Crippen molar-refractivity contribution >= 4 is 11.9 Å². The smallest absolute Gasteiger partial charge is 0.436 e. The van der Waals surface area contributed by atoms with E-state index in [4.69, 9.17) is 20.3 Å². The monoisotopic (exact) mass is 336 g/mol. The lowest BCUT2D eigenvalue weighted by molar-refractivity contribution is 0.0604. The number of amides is 1. The van der Waals surface area contributed by atoms with Gasteiger partial charge < -0.3 is 20.3 Å². The number of ether oxygens (including phenoxy) is 2. The highest BCUT2D eigenvalue weighted by Gasteiger charge is 2.16. The van der Waals surface area contributed by atoms with E-state index in [1.54, 1.807) is 32.9 Å². The molecule has 0 saturated heterocycles. The zero-order valence-electron chi connectivity index (χ0n) is 15.0. The number of nitrogens with two attached hydrogens (primary N) is 1. The Bertz CT molecular complexity index is 577. The number of rotatable bonds is 7. The van der Waals surface area contributed by atoms with Crippen LogP contribution in [0.15, 0.2) is 23.2 Å². The van der Waals surface area contributed by atoms with E-state index in [9.17, 15) is 4.79 Å². The van der Waals surface area contributed by atoms with Gasteiger partial charge >= 0.3 is 6.09 Å². The molecular weight excluding hydrogens is 308 g/mol. The first-order chi connectivity index (χ1) is 11.3. The molecule has 24 heavy (non-hydrogen) atoms. The van der Waals surface area contributed by atoms with Crippen LogP contribution in [-0.2, 0) is 11.2 Å². The lowest BCUT2D eigenvalue weighted by atomic mass is 10.0. The number of hydrogen-bond acceptors (Lipinski definition) is 4. The van der Waals surface area contributed by atoms with Crippen LogP contribution < -0.4 is 10.5 Å². The summed E-state index contributed by atoms with van der Waals surface area (Å²) >= 11 is 0. The van der Waals surface area contributed by atoms with Crippen molar-refractivity contribution in [3.8, 4) is 5.75 Å². The highest BCUT2D eigenvalue weighted by molar-refractivity contribution is 6.03. The Kier molecular flexibility index (Phi) is 7.71. The van der Waals surface area contributed by atoms with Crippen LogP contribution in [0.25, 0.3) is 0 Å². The average Bonchev–Trinajstić information content (AvgIpc) is 2.49. The largest absolute Gasteiger partial charge is 0.491 e.